The largest absolute Gasteiger partial charge is 0.370 e. The van der Waals surface area contributed by atoms with Crippen LogP contribution in [0, 0.1) is 5.41 Å². The van der Waals surface area contributed by atoms with Crippen LogP contribution in [0.5, 0.6) is 0 Å². The van der Waals surface area contributed by atoms with Crippen molar-refractivity contribution in [3.8, 4) is 0 Å². The smallest absolute Gasteiger partial charge is 0.217 e. The number of carbonyl (C=O) groups excluding carboxylic acids is 1. The number of carbonyl (C=O) groups is 1. The zero-order valence-corrected chi connectivity index (χ0v) is 4.68. The van der Waals surface area contributed by atoms with E-state index in [1.54, 1.807) is 0 Å². The maximum absolute atomic E-state index is 10.0. The fourth-order valence-corrected chi connectivity index (χ4v) is 0.378. The molecule has 0 rings (SSSR count). The van der Waals surface area contributed by atoms with Crippen LogP contribution in [0.3, 0.4) is 0 Å². The lowest BCUT2D eigenvalue weighted by Gasteiger charge is -1.87. The molecule has 0 aliphatic rings. The summed E-state index contributed by atoms with van der Waals surface area (Å²) in [5.41, 5.74) is 4.82. The first-order valence-corrected chi connectivity index (χ1v) is 2.54. The molecule has 3 N–H and O–H groups in total. The molecule has 8 heavy (non-hydrogen) atoms. The third-order valence-corrected chi connectivity index (χ3v) is 0.772. The zero-order chi connectivity index (χ0) is 6.41. The van der Waals surface area contributed by atoms with E-state index in [9.17, 15) is 4.79 Å². The van der Waals surface area contributed by atoms with Crippen molar-refractivity contribution in [1.82, 2.24) is 0 Å². The number of unbranched alkanes of at least 4 members (excludes halogenated alkanes) is 1. The van der Waals surface area contributed by atoms with E-state index in [1.165, 1.54) is 6.21 Å². The van der Waals surface area contributed by atoms with Crippen LogP contribution in [0.4, 0.5) is 0 Å². The average Bonchev–Trinajstić information content (AvgIpc) is 1.66. The minimum atomic E-state index is -0.285. The normalized spacial score (nSPS) is 8.50. The first kappa shape index (κ1) is 7.14. The first-order valence-electron chi connectivity index (χ1n) is 2.54. The van der Waals surface area contributed by atoms with Crippen LogP contribution in [-0.4, -0.2) is 12.1 Å². The van der Waals surface area contributed by atoms with Crippen molar-refractivity contribution >= 4 is 12.1 Å². The van der Waals surface area contributed by atoms with Gasteiger partial charge in [0.2, 0.25) is 5.91 Å². The standard InChI is InChI=1S/C5H10N2O/c6-4-2-1-3-5(7)8/h4,6H,1-3H2,(H2,7,8). The fourth-order valence-electron chi connectivity index (χ4n) is 0.378. The monoisotopic (exact) mass is 114 g/mol. The van der Waals surface area contributed by atoms with Gasteiger partial charge in [0, 0.05) is 6.42 Å². The van der Waals surface area contributed by atoms with Gasteiger partial charge >= 0.3 is 0 Å². The molecule has 0 heterocycles. The van der Waals surface area contributed by atoms with Gasteiger partial charge in [0.15, 0.2) is 0 Å². The second-order valence-electron chi connectivity index (χ2n) is 1.56. The summed E-state index contributed by atoms with van der Waals surface area (Å²) in [5, 5.41) is 6.57. The Morgan fingerprint density at radius 1 is 1.75 bits per heavy atom. The molecular formula is C5H10N2O. The van der Waals surface area contributed by atoms with Crippen LogP contribution >= 0.6 is 0 Å². The van der Waals surface area contributed by atoms with Crippen molar-refractivity contribution in [3.63, 3.8) is 0 Å². The number of hydrogen-bond donors (Lipinski definition) is 2. The topological polar surface area (TPSA) is 66.9 Å². The zero-order valence-electron chi connectivity index (χ0n) is 4.68. The maximum atomic E-state index is 10.0. The van der Waals surface area contributed by atoms with Gasteiger partial charge in [-0.3, -0.25) is 4.79 Å². The van der Waals surface area contributed by atoms with Crippen LogP contribution in [-0.2, 0) is 4.79 Å². The second kappa shape index (κ2) is 4.30. The Morgan fingerprint density at radius 2 is 2.38 bits per heavy atom. The average molecular weight is 114 g/mol. The predicted molar refractivity (Wildman–Crippen MR) is 31.8 cm³/mol. The van der Waals surface area contributed by atoms with Gasteiger partial charge in [0.25, 0.3) is 0 Å². The number of nitrogens with one attached hydrogen (secondary N) is 1. The first-order chi connectivity index (χ1) is 3.77. The van der Waals surface area contributed by atoms with Crippen molar-refractivity contribution in [2.24, 2.45) is 5.73 Å². The molecule has 0 fully saturated rings. The number of rotatable bonds is 4. The summed E-state index contributed by atoms with van der Waals surface area (Å²) in [6.07, 6.45) is 3.04. The van der Waals surface area contributed by atoms with E-state index < -0.39 is 0 Å². The van der Waals surface area contributed by atoms with E-state index in [1.807, 2.05) is 0 Å². The molecule has 0 aromatic carbocycles. The molecule has 1 amide bonds. The molecule has 0 unspecified atom stereocenters. The van der Waals surface area contributed by atoms with Crippen LogP contribution in [0.25, 0.3) is 0 Å². The number of amides is 1. The van der Waals surface area contributed by atoms with Gasteiger partial charge in [-0.25, -0.2) is 0 Å². The van der Waals surface area contributed by atoms with E-state index in [4.69, 9.17) is 11.1 Å². The van der Waals surface area contributed by atoms with Crippen LogP contribution < -0.4 is 5.73 Å². The highest BCUT2D eigenvalue weighted by Crippen LogP contribution is 1.88. The van der Waals surface area contributed by atoms with Gasteiger partial charge in [-0.2, -0.15) is 0 Å². The van der Waals surface area contributed by atoms with E-state index >= 15 is 0 Å². The summed E-state index contributed by atoms with van der Waals surface area (Å²) < 4.78 is 0. The summed E-state index contributed by atoms with van der Waals surface area (Å²) in [4.78, 5) is 10.0. The quantitative estimate of drug-likeness (QED) is 0.400. The molecule has 0 saturated heterocycles. The Bertz CT molecular complexity index is 90.4. The Balaban J connectivity index is 2.93. The van der Waals surface area contributed by atoms with Crippen molar-refractivity contribution in [3.05, 3.63) is 0 Å². The molecule has 0 aliphatic carbocycles. The molecule has 3 heteroatoms. The maximum Gasteiger partial charge on any atom is 0.217 e. The van der Waals surface area contributed by atoms with Crippen molar-refractivity contribution in [1.29, 1.82) is 5.41 Å². The van der Waals surface area contributed by atoms with Crippen LogP contribution in [0.1, 0.15) is 19.3 Å². The summed E-state index contributed by atoms with van der Waals surface area (Å²) in [7, 11) is 0. The van der Waals surface area contributed by atoms with Crippen LogP contribution in [0.2, 0.25) is 0 Å². The lowest BCUT2D eigenvalue weighted by Crippen LogP contribution is -2.09. The van der Waals surface area contributed by atoms with Gasteiger partial charge in [-0.05, 0) is 19.1 Å². The molecule has 0 spiro atoms. The molecule has 0 saturated carbocycles. The van der Waals surface area contributed by atoms with Gasteiger partial charge in [-0.1, -0.05) is 0 Å². The van der Waals surface area contributed by atoms with Gasteiger partial charge in [0.05, 0.1) is 0 Å². The van der Waals surface area contributed by atoms with Gasteiger partial charge in [0.1, 0.15) is 0 Å². The highest BCUT2D eigenvalue weighted by atomic mass is 16.1. The lowest BCUT2D eigenvalue weighted by molar-refractivity contribution is -0.118. The third kappa shape index (κ3) is 5.14. The lowest BCUT2D eigenvalue weighted by atomic mass is 10.2. The fraction of sp³-hybridized carbons (Fsp3) is 0.600. The molecule has 3 nitrogen and oxygen atoms in total. The third-order valence-electron chi connectivity index (χ3n) is 0.772. The highest BCUT2D eigenvalue weighted by Gasteiger charge is 1.89. The Hall–Kier alpha value is -0.860. The van der Waals surface area contributed by atoms with Crippen LogP contribution in [0.15, 0.2) is 0 Å². The minimum absolute atomic E-state index is 0.285. The van der Waals surface area contributed by atoms with Crippen molar-refractivity contribution < 1.29 is 4.79 Å². The second-order valence-corrected chi connectivity index (χ2v) is 1.56. The summed E-state index contributed by atoms with van der Waals surface area (Å²) in [6.45, 7) is 0. The van der Waals surface area contributed by atoms with Gasteiger partial charge < -0.3 is 11.1 Å². The SMILES string of the molecule is N=CCCCC(N)=O. The van der Waals surface area contributed by atoms with Crippen molar-refractivity contribution in [2.45, 2.75) is 19.3 Å². The molecule has 0 aliphatic heterocycles. The number of nitrogens with two attached hydrogens (primary N) is 1. The summed E-state index contributed by atoms with van der Waals surface area (Å²) >= 11 is 0. The summed E-state index contributed by atoms with van der Waals surface area (Å²) in [5.74, 6) is -0.285. The number of primary amides is 1. The molecule has 0 bridgehead atoms. The Labute approximate surface area is 48.4 Å². The molecule has 0 atom stereocenters. The number of hydrogen-bond acceptors (Lipinski definition) is 2. The van der Waals surface area contributed by atoms with Gasteiger partial charge in [-0.15, -0.1) is 0 Å². The molecule has 0 radical (unpaired) electrons. The molecule has 0 aromatic rings. The molecular weight excluding hydrogens is 104 g/mol. The van der Waals surface area contributed by atoms with E-state index in [0.29, 0.717) is 19.3 Å². The van der Waals surface area contributed by atoms with Crippen molar-refractivity contribution in [2.75, 3.05) is 0 Å². The Kier molecular flexibility index (Phi) is 3.84. The molecule has 0 aromatic heterocycles. The predicted octanol–water partition coefficient (Wildman–Crippen LogP) is 0.292. The van der Waals surface area contributed by atoms with E-state index in [-0.39, 0.29) is 5.91 Å². The summed E-state index contributed by atoms with van der Waals surface area (Å²) in [6, 6.07) is 0. The highest BCUT2D eigenvalue weighted by molar-refractivity contribution is 5.74. The van der Waals surface area contributed by atoms with E-state index in [0.717, 1.165) is 0 Å². The minimum Gasteiger partial charge on any atom is -0.370 e. The van der Waals surface area contributed by atoms with E-state index in [2.05, 4.69) is 0 Å². The molecule has 46 valence electrons. The Morgan fingerprint density at radius 3 is 2.75 bits per heavy atom.